The molecule has 0 aromatic rings. The van der Waals surface area contributed by atoms with Crippen LogP contribution in [0.5, 0.6) is 0 Å². The van der Waals surface area contributed by atoms with Crippen LogP contribution in [-0.2, 0) is 9.47 Å². The Labute approximate surface area is 209 Å². The van der Waals surface area contributed by atoms with Gasteiger partial charge in [-0.25, -0.2) is 0 Å². The molecule has 34 heavy (non-hydrogen) atoms. The molecule has 3 nitrogen and oxygen atoms in total. The standard InChI is InChI=1S/C31H52O3/c1-18(2)26(33-8)20-15-19(3)25-21(34-20)16-29(7)23-10-9-22-27(4,5)24(32)11-12-30(22)17-31(23,30)14-13-28(25,29)6/h18-26,32H,9-17H2,1-8H3. The summed E-state index contributed by atoms with van der Waals surface area (Å²) in [4.78, 5) is 0. The van der Waals surface area contributed by atoms with E-state index < -0.39 is 0 Å². The van der Waals surface area contributed by atoms with Crippen molar-refractivity contribution in [3.63, 3.8) is 0 Å². The Morgan fingerprint density at radius 2 is 1.59 bits per heavy atom. The minimum Gasteiger partial charge on any atom is -0.393 e. The molecule has 2 spiro atoms. The van der Waals surface area contributed by atoms with E-state index in [2.05, 4.69) is 48.5 Å². The molecule has 1 N–H and O–H groups in total. The van der Waals surface area contributed by atoms with Crippen LogP contribution in [0.25, 0.3) is 0 Å². The third kappa shape index (κ3) is 2.66. The fourth-order valence-electron chi connectivity index (χ4n) is 12.4. The first kappa shape index (κ1) is 24.2. The van der Waals surface area contributed by atoms with Gasteiger partial charge in [0.25, 0.3) is 0 Å². The van der Waals surface area contributed by atoms with Gasteiger partial charge in [0, 0.05) is 7.11 Å². The van der Waals surface area contributed by atoms with E-state index in [1.54, 1.807) is 0 Å². The van der Waals surface area contributed by atoms with Gasteiger partial charge in [-0.1, -0.05) is 48.5 Å². The first-order valence-electron chi connectivity index (χ1n) is 14.7. The van der Waals surface area contributed by atoms with Gasteiger partial charge in [-0.05, 0) is 114 Å². The summed E-state index contributed by atoms with van der Waals surface area (Å²) in [6.45, 7) is 17.2. The lowest BCUT2D eigenvalue weighted by molar-refractivity contribution is -0.179. The van der Waals surface area contributed by atoms with Crippen LogP contribution in [0.3, 0.4) is 0 Å². The summed E-state index contributed by atoms with van der Waals surface area (Å²) in [7, 11) is 1.87. The largest absolute Gasteiger partial charge is 0.393 e. The Hall–Kier alpha value is -0.120. The van der Waals surface area contributed by atoms with Gasteiger partial charge in [0.15, 0.2) is 0 Å². The van der Waals surface area contributed by atoms with Crippen LogP contribution in [-0.4, -0.2) is 36.6 Å². The predicted molar refractivity (Wildman–Crippen MR) is 136 cm³/mol. The third-order valence-electron chi connectivity index (χ3n) is 14.0. The monoisotopic (exact) mass is 472 g/mol. The van der Waals surface area contributed by atoms with Crippen LogP contribution in [0.1, 0.15) is 106 Å². The highest BCUT2D eigenvalue weighted by Crippen LogP contribution is 2.89. The quantitative estimate of drug-likeness (QED) is 0.487. The number of aliphatic hydroxyl groups excluding tert-OH is 1. The first-order chi connectivity index (χ1) is 15.9. The van der Waals surface area contributed by atoms with E-state index in [-0.39, 0.29) is 23.7 Å². The van der Waals surface area contributed by atoms with Crippen LogP contribution < -0.4 is 0 Å². The highest BCUT2D eigenvalue weighted by Gasteiger charge is 2.83. The maximum Gasteiger partial charge on any atom is 0.0855 e. The lowest BCUT2D eigenvalue weighted by Crippen LogP contribution is -2.58. The second kappa shape index (κ2) is 7.25. The zero-order valence-electron chi connectivity index (χ0n) is 23.3. The molecule has 0 amide bonds. The van der Waals surface area contributed by atoms with E-state index in [0.717, 1.165) is 18.8 Å². The summed E-state index contributed by atoms with van der Waals surface area (Å²) in [5.41, 5.74) is 1.90. The maximum atomic E-state index is 10.9. The molecule has 3 heteroatoms. The van der Waals surface area contributed by atoms with Gasteiger partial charge in [0.1, 0.15) is 0 Å². The lowest BCUT2D eigenvalue weighted by atomic mass is 9.41. The van der Waals surface area contributed by atoms with Crippen LogP contribution in [0, 0.1) is 56.7 Å². The Morgan fingerprint density at radius 1 is 0.912 bits per heavy atom. The zero-order valence-corrected chi connectivity index (χ0v) is 23.3. The summed E-state index contributed by atoms with van der Waals surface area (Å²) in [6, 6.07) is 0. The fourth-order valence-corrected chi connectivity index (χ4v) is 12.4. The molecule has 0 aromatic heterocycles. The van der Waals surface area contributed by atoms with E-state index in [9.17, 15) is 5.11 Å². The second-order valence-electron chi connectivity index (χ2n) is 15.5. The number of rotatable bonds is 3. The molecule has 0 aromatic carbocycles. The molecule has 12 atom stereocenters. The van der Waals surface area contributed by atoms with E-state index in [4.69, 9.17) is 9.47 Å². The van der Waals surface area contributed by atoms with Crippen LogP contribution in [0.2, 0.25) is 0 Å². The van der Waals surface area contributed by atoms with Crippen molar-refractivity contribution in [3.8, 4) is 0 Å². The molecule has 1 aliphatic heterocycles. The molecular weight excluding hydrogens is 420 g/mol. The van der Waals surface area contributed by atoms with Crippen molar-refractivity contribution in [1.82, 2.24) is 0 Å². The van der Waals surface area contributed by atoms with E-state index in [1.807, 2.05) is 7.11 Å². The topological polar surface area (TPSA) is 38.7 Å². The van der Waals surface area contributed by atoms with E-state index in [1.165, 1.54) is 44.9 Å². The van der Waals surface area contributed by atoms with Gasteiger partial charge >= 0.3 is 0 Å². The summed E-state index contributed by atoms with van der Waals surface area (Å²) < 4.78 is 13.0. The molecular formula is C31H52O3. The molecule has 0 radical (unpaired) electrons. The van der Waals surface area contributed by atoms with Crippen LogP contribution >= 0.6 is 0 Å². The predicted octanol–water partition coefficient (Wildman–Crippen LogP) is 6.86. The van der Waals surface area contributed by atoms with Crippen LogP contribution in [0.15, 0.2) is 0 Å². The molecule has 194 valence electrons. The SMILES string of the molecule is COC(C(C)C)C1CC(C)C2C(CC3(C)C4CCC5C(C)(C)C(O)CCC56CC46CCC23C)O1. The Balaban J connectivity index is 1.32. The number of ether oxygens (including phenoxy) is 2. The van der Waals surface area contributed by atoms with Crippen molar-refractivity contribution in [2.24, 2.45) is 56.7 Å². The summed E-state index contributed by atoms with van der Waals surface area (Å²) in [6.07, 6.45) is 12.4. The molecule has 6 aliphatic rings. The molecule has 0 bridgehead atoms. The molecule has 1 saturated heterocycles. The molecule has 12 unspecified atom stereocenters. The van der Waals surface area contributed by atoms with Crippen molar-refractivity contribution >= 4 is 0 Å². The molecule has 6 fully saturated rings. The summed E-state index contributed by atoms with van der Waals surface area (Å²) in [5.74, 6) is 3.43. The highest BCUT2D eigenvalue weighted by atomic mass is 16.5. The Bertz CT molecular complexity index is 837. The molecule has 5 saturated carbocycles. The number of methoxy groups -OCH3 is 1. The average Bonchev–Trinajstić information content (AvgIpc) is 3.35. The van der Waals surface area contributed by atoms with Gasteiger partial charge in [0.2, 0.25) is 0 Å². The summed E-state index contributed by atoms with van der Waals surface area (Å²) in [5, 5.41) is 10.9. The second-order valence-corrected chi connectivity index (χ2v) is 15.5. The average molecular weight is 473 g/mol. The molecule has 6 rings (SSSR count). The number of hydrogen-bond donors (Lipinski definition) is 1. The van der Waals surface area contributed by atoms with Gasteiger partial charge < -0.3 is 14.6 Å². The van der Waals surface area contributed by atoms with E-state index in [0.29, 0.717) is 51.4 Å². The smallest absolute Gasteiger partial charge is 0.0855 e. The van der Waals surface area contributed by atoms with Crippen molar-refractivity contribution in [2.45, 2.75) is 131 Å². The molecule has 5 aliphatic carbocycles. The Kier molecular flexibility index (Phi) is 5.17. The number of hydrogen-bond acceptors (Lipinski definition) is 3. The van der Waals surface area contributed by atoms with Crippen molar-refractivity contribution in [1.29, 1.82) is 0 Å². The van der Waals surface area contributed by atoms with Crippen molar-refractivity contribution in [3.05, 3.63) is 0 Å². The van der Waals surface area contributed by atoms with Gasteiger partial charge in [-0.3, -0.25) is 0 Å². The highest BCUT2D eigenvalue weighted by molar-refractivity contribution is 5.31. The van der Waals surface area contributed by atoms with Crippen molar-refractivity contribution < 1.29 is 14.6 Å². The van der Waals surface area contributed by atoms with Gasteiger partial charge in [-0.2, -0.15) is 0 Å². The molecule has 1 heterocycles. The van der Waals surface area contributed by atoms with Gasteiger partial charge in [-0.15, -0.1) is 0 Å². The summed E-state index contributed by atoms with van der Waals surface area (Å²) >= 11 is 0. The number of fused-ring (bicyclic) bond motifs is 4. The van der Waals surface area contributed by atoms with E-state index >= 15 is 0 Å². The number of aliphatic hydroxyl groups is 1. The third-order valence-corrected chi connectivity index (χ3v) is 14.0. The maximum absolute atomic E-state index is 10.9. The van der Waals surface area contributed by atoms with Gasteiger partial charge in [0.05, 0.1) is 24.4 Å². The zero-order chi connectivity index (χ0) is 24.5. The van der Waals surface area contributed by atoms with Crippen LogP contribution in [0.4, 0.5) is 0 Å². The first-order valence-corrected chi connectivity index (χ1v) is 14.7. The minimum absolute atomic E-state index is 0.0783. The normalized spacial score (nSPS) is 58.2. The minimum atomic E-state index is -0.114. The Morgan fingerprint density at radius 3 is 2.26 bits per heavy atom. The fraction of sp³-hybridized carbons (Fsp3) is 1.00. The lowest BCUT2D eigenvalue weighted by Gasteiger charge is -2.63. The van der Waals surface area contributed by atoms with Crippen molar-refractivity contribution in [2.75, 3.05) is 7.11 Å².